The first-order valence-electron chi connectivity index (χ1n) is 6.31. The number of ether oxygens (including phenoxy) is 2. The molecule has 0 spiro atoms. The molecule has 0 aliphatic carbocycles. The average Bonchev–Trinajstić information content (AvgIpc) is 2.88. The van der Waals surface area contributed by atoms with Crippen LogP contribution in [-0.4, -0.2) is 29.0 Å². The molecule has 3 N–H and O–H groups in total. The highest BCUT2D eigenvalue weighted by Crippen LogP contribution is 2.37. The molecule has 1 atom stereocenters. The highest BCUT2D eigenvalue weighted by Gasteiger charge is 2.18. The molecule has 0 aliphatic rings. The standard InChI is InChI=1S/C13H18ClN5O2/c1-19-12(16-7-17-19)6-10(18-15)8-4-9(14)13(21-3)11(5-8)20-2/h4-5,7,10,18H,6,15H2,1-3H3. The molecule has 0 saturated carbocycles. The van der Waals surface area contributed by atoms with Crippen molar-refractivity contribution in [3.8, 4) is 11.5 Å². The number of nitrogens with zero attached hydrogens (tertiary/aromatic N) is 3. The molecule has 1 heterocycles. The van der Waals surface area contributed by atoms with Crippen LogP contribution in [0.2, 0.25) is 5.02 Å². The highest BCUT2D eigenvalue weighted by atomic mass is 35.5. The number of nitrogens with one attached hydrogen (secondary N) is 1. The zero-order valence-corrected chi connectivity index (χ0v) is 12.9. The van der Waals surface area contributed by atoms with E-state index in [-0.39, 0.29) is 6.04 Å². The molecule has 2 rings (SSSR count). The van der Waals surface area contributed by atoms with Gasteiger partial charge in [0.25, 0.3) is 0 Å². The first kappa shape index (κ1) is 15.6. The molecule has 0 saturated heterocycles. The van der Waals surface area contributed by atoms with Crippen molar-refractivity contribution in [1.29, 1.82) is 0 Å². The molecule has 1 unspecified atom stereocenters. The lowest BCUT2D eigenvalue weighted by atomic mass is 10.0. The van der Waals surface area contributed by atoms with Gasteiger partial charge in [0.2, 0.25) is 0 Å². The molecular formula is C13H18ClN5O2. The minimum absolute atomic E-state index is 0.176. The van der Waals surface area contributed by atoms with Crippen LogP contribution in [0.4, 0.5) is 0 Å². The number of aryl methyl sites for hydroxylation is 1. The smallest absolute Gasteiger partial charge is 0.179 e. The number of nitrogens with two attached hydrogens (primary N) is 1. The lowest BCUT2D eigenvalue weighted by Crippen LogP contribution is -2.30. The number of aromatic nitrogens is 3. The van der Waals surface area contributed by atoms with Crippen molar-refractivity contribution in [3.05, 3.63) is 34.9 Å². The summed E-state index contributed by atoms with van der Waals surface area (Å²) in [5, 5.41) is 4.51. The molecular weight excluding hydrogens is 294 g/mol. The Labute approximate surface area is 128 Å². The Bertz CT molecular complexity index is 617. The Kier molecular flexibility index (Phi) is 5.00. The number of benzene rings is 1. The maximum atomic E-state index is 6.22. The summed E-state index contributed by atoms with van der Waals surface area (Å²) in [6, 6.07) is 3.46. The van der Waals surface area contributed by atoms with E-state index in [1.807, 2.05) is 13.1 Å². The van der Waals surface area contributed by atoms with Crippen molar-refractivity contribution in [1.82, 2.24) is 20.2 Å². The van der Waals surface area contributed by atoms with Crippen molar-refractivity contribution >= 4 is 11.6 Å². The van der Waals surface area contributed by atoms with Gasteiger partial charge in [0, 0.05) is 13.5 Å². The highest BCUT2D eigenvalue weighted by molar-refractivity contribution is 6.32. The Morgan fingerprint density at radius 2 is 2.14 bits per heavy atom. The van der Waals surface area contributed by atoms with E-state index in [1.165, 1.54) is 6.33 Å². The maximum Gasteiger partial charge on any atom is 0.179 e. The summed E-state index contributed by atoms with van der Waals surface area (Å²) in [5.41, 5.74) is 3.64. The summed E-state index contributed by atoms with van der Waals surface area (Å²) in [4.78, 5) is 4.20. The Morgan fingerprint density at radius 3 is 2.67 bits per heavy atom. The normalized spacial score (nSPS) is 12.2. The summed E-state index contributed by atoms with van der Waals surface area (Å²) >= 11 is 6.22. The number of methoxy groups -OCH3 is 2. The minimum Gasteiger partial charge on any atom is -0.493 e. The van der Waals surface area contributed by atoms with Crippen LogP contribution >= 0.6 is 11.6 Å². The molecule has 0 aliphatic heterocycles. The molecule has 1 aromatic carbocycles. The van der Waals surface area contributed by atoms with Gasteiger partial charge in [0.1, 0.15) is 12.2 Å². The van der Waals surface area contributed by atoms with Gasteiger partial charge in [0.15, 0.2) is 11.5 Å². The van der Waals surface area contributed by atoms with Crippen LogP contribution in [0.5, 0.6) is 11.5 Å². The van der Waals surface area contributed by atoms with Gasteiger partial charge >= 0.3 is 0 Å². The predicted molar refractivity (Wildman–Crippen MR) is 79.3 cm³/mol. The van der Waals surface area contributed by atoms with Crippen LogP contribution < -0.4 is 20.7 Å². The van der Waals surface area contributed by atoms with Crippen LogP contribution in [0.25, 0.3) is 0 Å². The second kappa shape index (κ2) is 6.75. The molecule has 7 nitrogen and oxygen atoms in total. The van der Waals surface area contributed by atoms with Gasteiger partial charge in [-0.05, 0) is 17.7 Å². The Balaban J connectivity index is 2.34. The third-order valence-corrected chi connectivity index (χ3v) is 3.53. The zero-order valence-electron chi connectivity index (χ0n) is 12.1. The topological polar surface area (TPSA) is 87.2 Å². The van der Waals surface area contributed by atoms with Crippen molar-refractivity contribution in [2.24, 2.45) is 12.9 Å². The summed E-state index contributed by atoms with van der Waals surface area (Å²) in [6.45, 7) is 0. The lowest BCUT2D eigenvalue weighted by molar-refractivity contribution is 0.354. The molecule has 114 valence electrons. The fourth-order valence-corrected chi connectivity index (χ4v) is 2.40. The number of hydrogen-bond acceptors (Lipinski definition) is 6. The second-order valence-corrected chi connectivity index (χ2v) is 4.87. The molecule has 0 radical (unpaired) electrons. The molecule has 1 aromatic heterocycles. The molecule has 2 aromatic rings. The van der Waals surface area contributed by atoms with Crippen molar-refractivity contribution in [3.63, 3.8) is 0 Å². The Hall–Kier alpha value is -1.83. The monoisotopic (exact) mass is 311 g/mol. The summed E-state index contributed by atoms with van der Waals surface area (Å²) in [6.07, 6.45) is 2.07. The third kappa shape index (κ3) is 3.26. The van der Waals surface area contributed by atoms with Gasteiger partial charge in [-0.3, -0.25) is 16.0 Å². The van der Waals surface area contributed by atoms with Crippen LogP contribution in [0.15, 0.2) is 18.5 Å². The first-order chi connectivity index (χ1) is 10.1. The van der Waals surface area contributed by atoms with E-state index in [9.17, 15) is 0 Å². The summed E-state index contributed by atoms with van der Waals surface area (Å²) in [5.74, 6) is 7.52. The van der Waals surface area contributed by atoms with E-state index in [0.29, 0.717) is 22.9 Å². The van der Waals surface area contributed by atoms with Gasteiger partial charge in [-0.1, -0.05) is 11.6 Å². The lowest BCUT2D eigenvalue weighted by Gasteiger charge is -2.18. The number of hydrazine groups is 1. The van der Waals surface area contributed by atoms with Crippen LogP contribution in [0.1, 0.15) is 17.4 Å². The molecule has 0 amide bonds. The van der Waals surface area contributed by atoms with Crippen molar-refractivity contribution in [2.45, 2.75) is 12.5 Å². The van der Waals surface area contributed by atoms with Gasteiger partial charge in [0.05, 0.1) is 25.3 Å². The largest absolute Gasteiger partial charge is 0.493 e. The van der Waals surface area contributed by atoms with Crippen LogP contribution in [0, 0.1) is 0 Å². The molecule has 21 heavy (non-hydrogen) atoms. The van der Waals surface area contributed by atoms with Gasteiger partial charge in [-0.15, -0.1) is 0 Å². The van der Waals surface area contributed by atoms with Crippen molar-refractivity contribution in [2.75, 3.05) is 14.2 Å². The number of rotatable bonds is 6. The molecule has 0 bridgehead atoms. The van der Waals surface area contributed by atoms with Gasteiger partial charge < -0.3 is 9.47 Å². The van der Waals surface area contributed by atoms with Gasteiger partial charge in [-0.2, -0.15) is 5.10 Å². The third-order valence-electron chi connectivity index (χ3n) is 3.25. The van der Waals surface area contributed by atoms with E-state index in [0.717, 1.165) is 11.4 Å². The average molecular weight is 312 g/mol. The predicted octanol–water partition coefficient (Wildman–Crippen LogP) is 1.23. The second-order valence-electron chi connectivity index (χ2n) is 4.46. The minimum atomic E-state index is -0.176. The van der Waals surface area contributed by atoms with Crippen LogP contribution in [0.3, 0.4) is 0 Å². The van der Waals surface area contributed by atoms with Crippen molar-refractivity contribution < 1.29 is 9.47 Å². The van der Waals surface area contributed by atoms with E-state index in [1.54, 1.807) is 25.0 Å². The SMILES string of the molecule is COc1cc(C(Cc2ncnn2C)NN)cc(Cl)c1OC. The summed E-state index contributed by atoms with van der Waals surface area (Å²) in [7, 11) is 4.94. The van der Waals surface area contributed by atoms with E-state index >= 15 is 0 Å². The fourth-order valence-electron chi connectivity index (χ4n) is 2.10. The van der Waals surface area contributed by atoms with Crippen LogP contribution in [-0.2, 0) is 13.5 Å². The first-order valence-corrected chi connectivity index (χ1v) is 6.69. The molecule has 0 fully saturated rings. The Morgan fingerprint density at radius 1 is 1.38 bits per heavy atom. The number of halogens is 1. The van der Waals surface area contributed by atoms with Gasteiger partial charge in [-0.25, -0.2) is 4.98 Å². The zero-order chi connectivity index (χ0) is 15.4. The van der Waals surface area contributed by atoms with E-state index in [2.05, 4.69) is 15.5 Å². The quantitative estimate of drug-likeness (QED) is 0.616. The summed E-state index contributed by atoms with van der Waals surface area (Å²) < 4.78 is 12.2. The van der Waals surface area contributed by atoms with E-state index in [4.69, 9.17) is 26.9 Å². The number of hydrogen-bond donors (Lipinski definition) is 2. The van der Waals surface area contributed by atoms with E-state index < -0.39 is 0 Å². The molecule has 8 heteroatoms. The maximum absolute atomic E-state index is 6.22. The fraction of sp³-hybridized carbons (Fsp3) is 0.385.